The van der Waals surface area contributed by atoms with E-state index in [0.29, 0.717) is 39.7 Å². The van der Waals surface area contributed by atoms with Crippen molar-refractivity contribution >= 4 is 27.8 Å². The van der Waals surface area contributed by atoms with Crippen LogP contribution in [0, 0.1) is 12.7 Å². The van der Waals surface area contributed by atoms with Crippen LogP contribution in [0.25, 0.3) is 44.2 Å². The molecule has 0 saturated carbocycles. The third-order valence-electron chi connectivity index (χ3n) is 7.70. The molecule has 0 spiro atoms. The second kappa shape index (κ2) is 10.4. The van der Waals surface area contributed by atoms with E-state index in [9.17, 15) is 27.2 Å². The van der Waals surface area contributed by atoms with Crippen LogP contribution in [0.3, 0.4) is 0 Å². The Balaban J connectivity index is 1.59. The minimum Gasteiger partial charge on any atom is -0.340 e. The molecule has 7 nitrogen and oxygen atoms in total. The van der Waals surface area contributed by atoms with Gasteiger partial charge in [0, 0.05) is 42.3 Å². The number of likely N-dealkylation sites (N-methyl/N-ethyl adjacent to an activating group) is 1. The van der Waals surface area contributed by atoms with Crippen molar-refractivity contribution in [3.63, 3.8) is 0 Å². The number of carbonyl (C=O) groups excluding carboxylic acids is 1. The number of fused-ring (bicyclic) bond motifs is 2. The summed E-state index contributed by atoms with van der Waals surface area (Å²) in [5, 5.41) is 3.77. The Morgan fingerprint density at radius 1 is 1.05 bits per heavy atom. The molecule has 3 N–H and O–H groups in total. The van der Waals surface area contributed by atoms with Crippen LogP contribution in [0.1, 0.15) is 34.3 Å². The number of nitrogens with one attached hydrogen (secondary N) is 3. The highest BCUT2D eigenvalue weighted by Gasteiger charge is 2.32. The first kappa shape index (κ1) is 27.6. The van der Waals surface area contributed by atoms with E-state index in [1.807, 2.05) is 0 Å². The maximum Gasteiger partial charge on any atom is 0.416 e. The van der Waals surface area contributed by atoms with Gasteiger partial charge in [0.25, 0.3) is 5.91 Å². The molecule has 1 atom stereocenters. The molecule has 6 rings (SSSR count). The Morgan fingerprint density at radius 2 is 1.86 bits per heavy atom. The number of halogens is 4. The van der Waals surface area contributed by atoms with Crippen LogP contribution in [0.4, 0.5) is 17.6 Å². The number of H-pyrrole nitrogens is 2. The summed E-state index contributed by atoms with van der Waals surface area (Å²) in [4.78, 5) is 37.3. The molecule has 1 aliphatic heterocycles. The summed E-state index contributed by atoms with van der Waals surface area (Å²) < 4.78 is 55.9. The molecule has 216 valence electrons. The van der Waals surface area contributed by atoms with Crippen LogP contribution in [0.15, 0.2) is 59.5 Å². The second-order valence-corrected chi connectivity index (χ2v) is 10.8. The lowest BCUT2D eigenvalue weighted by Gasteiger charge is -2.24. The Labute approximate surface area is 237 Å². The van der Waals surface area contributed by atoms with Gasteiger partial charge in [0.15, 0.2) is 0 Å². The number of aryl methyl sites for hydroxylation is 1. The lowest BCUT2D eigenvalue weighted by Crippen LogP contribution is -2.38. The first-order valence-corrected chi connectivity index (χ1v) is 13.5. The highest BCUT2D eigenvalue weighted by atomic mass is 19.4. The molecule has 5 aromatic rings. The van der Waals surface area contributed by atoms with Crippen LogP contribution < -0.4 is 11.0 Å². The van der Waals surface area contributed by atoms with Crippen molar-refractivity contribution in [1.82, 2.24) is 25.2 Å². The highest BCUT2D eigenvalue weighted by molar-refractivity contribution is 6.12. The Morgan fingerprint density at radius 3 is 2.57 bits per heavy atom. The monoisotopic (exact) mass is 577 g/mol. The molecule has 1 fully saturated rings. The Kier molecular flexibility index (Phi) is 6.84. The van der Waals surface area contributed by atoms with E-state index >= 15 is 0 Å². The van der Waals surface area contributed by atoms with Gasteiger partial charge in [-0.15, -0.1) is 0 Å². The number of nitrogens with zero attached hydrogens (tertiary/aromatic N) is 2. The normalized spacial score (nSPS) is 15.5. The lowest BCUT2D eigenvalue weighted by molar-refractivity contribution is -0.137. The summed E-state index contributed by atoms with van der Waals surface area (Å²) in [6.45, 7) is 3.06. The predicted octanol–water partition coefficient (Wildman–Crippen LogP) is 6.03. The molecule has 1 aliphatic rings. The third-order valence-corrected chi connectivity index (χ3v) is 7.70. The van der Waals surface area contributed by atoms with Gasteiger partial charge in [0.05, 0.1) is 27.7 Å². The van der Waals surface area contributed by atoms with Crippen LogP contribution >= 0.6 is 0 Å². The fourth-order valence-corrected chi connectivity index (χ4v) is 5.75. The Bertz CT molecular complexity index is 1880. The maximum absolute atomic E-state index is 14.5. The predicted molar refractivity (Wildman–Crippen MR) is 153 cm³/mol. The SMILES string of the molecule is Cc1cc(F)cc(-c2cnc3ccc(-c4cc(C(F)(F)F)cc5[nH]c(=O)[nH]c45)cc3c2C(=O)N(C)C[C@@H]2CCCN2)c1. The smallest absolute Gasteiger partial charge is 0.340 e. The van der Waals surface area contributed by atoms with Crippen molar-refractivity contribution in [2.75, 3.05) is 20.1 Å². The number of aromatic nitrogens is 3. The summed E-state index contributed by atoms with van der Waals surface area (Å²) in [6.07, 6.45) is -1.20. The lowest BCUT2D eigenvalue weighted by atomic mass is 9.93. The van der Waals surface area contributed by atoms with Gasteiger partial charge in [-0.25, -0.2) is 9.18 Å². The van der Waals surface area contributed by atoms with Crippen molar-refractivity contribution < 1.29 is 22.4 Å². The zero-order valence-corrected chi connectivity index (χ0v) is 22.8. The van der Waals surface area contributed by atoms with Crippen molar-refractivity contribution in [2.45, 2.75) is 32.0 Å². The summed E-state index contributed by atoms with van der Waals surface area (Å²) in [6, 6.07) is 11.3. The van der Waals surface area contributed by atoms with E-state index < -0.39 is 23.2 Å². The van der Waals surface area contributed by atoms with Gasteiger partial charge in [-0.05, 0) is 79.4 Å². The molecule has 0 radical (unpaired) electrons. The van der Waals surface area contributed by atoms with Crippen molar-refractivity contribution in [1.29, 1.82) is 0 Å². The number of pyridine rings is 1. The average molecular weight is 578 g/mol. The quantitative estimate of drug-likeness (QED) is 0.223. The van der Waals surface area contributed by atoms with Gasteiger partial charge in [-0.3, -0.25) is 9.78 Å². The minimum absolute atomic E-state index is 0.00660. The number of imidazole rings is 1. The Hall–Kier alpha value is -4.51. The first-order chi connectivity index (χ1) is 20.0. The molecule has 0 bridgehead atoms. The van der Waals surface area contributed by atoms with Crippen LogP contribution in [-0.4, -0.2) is 51.9 Å². The van der Waals surface area contributed by atoms with Crippen molar-refractivity contribution in [2.24, 2.45) is 0 Å². The largest absolute Gasteiger partial charge is 0.416 e. The van der Waals surface area contributed by atoms with E-state index in [1.165, 1.54) is 18.3 Å². The number of rotatable bonds is 5. The summed E-state index contributed by atoms with van der Waals surface area (Å²) in [7, 11) is 1.69. The van der Waals surface area contributed by atoms with Gasteiger partial charge in [-0.1, -0.05) is 12.1 Å². The van der Waals surface area contributed by atoms with Crippen molar-refractivity contribution in [3.8, 4) is 22.3 Å². The van der Waals surface area contributed by atoms with Crippen LogP contribution in [0.5, 0.6) is 0 Å². The molecular formula is C31H27F4N5O2. The summed E-state index contributed by atoms with van der Waals surface area (Å²) in [5.41, 5.74) is 1.34. The third kappa shape index (κ3) is 5.16. The molecule has 3 heterocycles. The van der Waals surface area contributed by atoms with Gasteiger partial charge < -0.3 is 20.2 Å². The number of hydrogen-bond acceptors (Lipinski definition) is 4. The number of carbonyl (C=O) groups is 1. The summed E-state index contributed by atoms with van der Waals surface area (Å²) >= 11 is 0. The zero-order valence-electron chi connectivity index (χ0n) is 22.8. The van der Waals surface area contributed by atoms with Crippen LogP contribution in [-0.2, 0) is 6.18 Å². The van der Waals surface area contributed by atoms with E-state index in [1.54, 1.807) is 43.1 Å². The molecule has 1 saturated heterocycles. The molecule has 0 aliphatic carbocycles. The first-order valence-electron chi connectivity index (χ1n) is 13.5. The van der Waals surface area contributed by atoms with E-state index in [0.717, 1.165) is 31.5 Å². The van der Waals surface area contributed by atoms with E-state index in [4.69, 9.17) is 0 Å². The van der Waals surface area contributed by atoms with E-state index in [2.05, 4.69) is 20.3 Å². The minimum atomic E-state index is -4.66. The van der Waals surface area contributed by atoms with Crippen LogP contribution in [0.2, 0.25) is 0 Å². The molecular weight excluding hydrogens is 550 g/mol. The zero-order chi connectivity index (χ0) is 29.8. The molecule has 0 unspecified atom stereocenters. The highest BCUT2D eigenvalue weighted by Crippen LogP contribution is 2.38. The van der Waals surface area contributed by atoms with Crippen molar-refractivity contribution in [3.05, 3.63) is 87.7 Å². The van der Waals surface area contributed by atoms with E-state index in [-0.39, 0.29) is 34.1 Å². The van der Waals surface area contributed by atoms with Gasteiger partial charge in [0.1, 0.15) is 5.82 Å². The van der Waals surface area contributed by atoms with Gasteiger partial charge >= 0.3 is 11.9 Å². The fraction of sp³-hybridized carbons (Fsp3) is 0.258. The number of alkyl halides is 3. The molecule has 1 amide bonds. The molecule has 2 aromatic heterocycles. The molecule has 11 heteroatoms. The van der Waals surface area contributed by atoms with Gasteiger partial charge in [-0.2, -0.15) is 13.2 Å². The summed E-state index contributed by atoms with van der Waals surface area (Å²) in [5.74, 6) is -0.794. The topological polar surface area (TPSA) is 93.9 Å². The molecule has 42 heavy (non-hydrogen) atoms. The standard InChI is InChI=1S/C31H27F4N5O2/c1-16-8-18(10-20(32)9-16)24-14-37-25-6-5-17(11-23(25)27(24)29(41)40(2)15-21-4-3-7-36-21)22-12-19(31(33,34)35)13-26-28(22)39-30(42)38-26/h5-6,8-14,21,36H,3-4,7,15H2,1-2H3,(H2,38,39,42)/t21-/m0/s1. The average Bonchev–Trinajstić information content (AvgIpc) is 3.58. The second-order valence-electron chi connectivity index (χ2n) is 10.8. The maximum atomic E-state index is 14.5. The number of aromatic amines is 2. The number of benzene rings is 3. The molecule has 3 aromatic carbocycles. The van der Waals surface area contributed by atoms with Gasteiger partial charge in [0.2, 0.25) is 0 Å². The fourth-order valence-electron chi connectivity index (χ4n) is 5.75. The number of amides is 1. The number of hydrogen-bond donors (Lipinski definition) is 3.